The Hall–Kier alpha value is -2.07. The number of aliphatic hydroxyl groups excluding tert-OH is 2. The third-order valence-corrected chi connectivity index (χ3v) is 4.04. The molecule has 0 aliphatic heterocycles. The van der Waals surface area contributed by atoms with Crippen molar-refractivity contribution in [1.29, 1.82) is 0 Å². The first-order chi connectivity index (χ1) is 12.7. The molecule has 4 N–H and O–H groups in total. The highest BCUT2D eigenvalue weighted by Crippen LogP contribution is 2.31. The number of carbonyl (C=O) groups excluding carboxylic acids is 1. The minimum absolute atomic E-state index is 0.0585. The molecule has 2 rings (SSSR count). The number of oxazole rings is 1. The number of ether oxygens (including phenoxy) is 2. The highest BCUT2D eigenvalue weighted by atomic mass is 35.5. The fourth-order valence-electron chi connectivity index (χ4n) is 2.39. The van der Waals surface area contributed by atoms with Crippen LogP contribution in [-0.4, -0.2) is 52.2 Å². The molecule has 0 radical (unpaired) electrons. The summed E-state index contributed by atoms with van der Waals surface area (Å²) in [6.07, 6.45) is 0.101. The predicted molar refractivity (Wildman–Crippen MR) is 97.9 cm³/mol. The third-order valence-electron chi connectivity index (χ3n) is 3.75. The second-order valence-electron chi connectivity index (χ2n) is 6.40. The molecule has 2 aromatic rings. The van der Waals surface area contributed by atoms with Gasteiger partial charge in [0.2, 0.25) is 0 Å². The lowest BCUT2D eigenvalue weighted by atomic mass is 10.0. The van der Waals surface area contributed by atoms with Gasteiger partial charge < -0.3 is 29.8 Å². The Balaban J connectivity index is 2.37. The number of nitrogens with two attached hydrogens (primary N) is 1. The molecule has 0 fully saturated rings. The number of hydrogen-bond donors (Lipinski definition) is 3. The van der Waals surface area contributed by atoms with E-state index in [1.165, 1.54) is 12.1 Å². The van der Waals surface area contributed by atoms with E-state index in [1.54, 1.807) is 0 Å². The lowest BCUT2D eigenvalue weighted by Crippen LogP contribution is -2.56. The van der Waals surface area contributed by atoms with Crippen LogP contribution in [0, 0.1) is 0 Å². The normalized spacial score (nSPS) is 13.7. The molecule has 9 nitrogen and oxygen atoms in total. The zero-order valence-corrected chi connectivity index (χ0v) is 15.9. The van der Waals surface area contributed by atoms with Crippen LogP contribution in [0.4, 0.5) is 0 Å². The fraction of sp³-hybridized carbons (Fsp3) is 0.529. The quantitative estimate of drug-likeness (QED) is 0.410. The molecule has 0 amide bonds. The first-order valence-electron chi connectivity index (χ1n) is 8.39. The molecule has 150 valence electrons. The molecule has 1 heterocycles. The first-order valence-corrected chi connectivity index (χ1v) is 8.77. The van der Waals surface area contributed by atoms with E-state index in [0.717, 1.165) is 4.57 Å². The van der Waals surface area contributed by atoms with Gasteiger partial charge in [-0.2, -0.15) is 0 Å². The molecule has 27 heavy (non-hydrogen) atoms. The van der Waals surface area contributed by atoms with Crippen molar-refractivity contribution in [2.24, 2.45) is 5.73 Å². The molecular weight excluding hydrogens is 380 g/mol. The Morgan fingerprint density at radius 2 is 2.11 bits per heavy atom. The highest BCUT2D eigenvalue weighted by molar-refractivity contribution is 6.32. The summed E-state index contributed by atoms with van der Waals surface area (Å²) >= 11 is 6.20. The van der Waals surface area contributed by atoms with Gasteiger partial charge in [-0.1, -0.05) is 11.6 Å². The number of carbonyl (C=O) groups is 1. The van der Waals surface area contributed by atoms with E-state index < -0.39 is 23.9 Å². The number of halogens is 1. The number of rotatable bonds is 9. The molecule has 0 spiro atoms. The van der Waals surface area contributed by atoms with Crippen molar-refractivity contribution in [3.63, 3.8) is 0 Å². The maximum absolute atomic E-state index is 12.3. The molecule has 0 aliphatic carbocycles. The first kappa shape index (κ1) is 21.2. The molecule has 1 atom stereocenters. The van der Waals surface area contributed by atoms with Crippen LogP contribution < -0.4 is 16.2 Å². The number of aromatic nitrogens is 1. The summed E-state index contributed by atoms with van der Waals surface area (Å²) in [5.74, 6) is -1.32. The van der Waals surface area contributed by atoms with Crippen molar-refractivity contribution in [2.75, 3.05) is 19.8 Å². The number of esters is 1. The highest BCUT2D eigenvalue weighted by Gasteiger charge is 2.37. The fourth-order valence-corrected chi connectivity index (χ4v) is 2.60. The summed E-state index contributed by atoms with van der Waals surface area (Å²) in [6, 6.07) is 2.95. The van der Waals surface area contributed by atoms with Crippen LogP contribution in [0.25, 0.3) is 11.1 Å². The summed E-state index contributed by atoms with van der Waals surface area (Å²) < 4.78 is 16.8. The van der Waals surface area contributed by atoms with Crippen LogP contribution in [0.15, 0.2) is 21.3 Å². The van der Waals surface area contributed by atoms with E-state index in [9.17, 15) is 14.7 Å². The van der Waals surface area contributed by atoms with Crippen LogP contribution in [0.5, 0.6) is 5.75 Å². The maximum Gasteiger partial charge on any atom is 0.420 e. The topological polar surface area (TPSA) is 137 Å². The Morgan fingerprint density at radius 1 is 1.41 bits per heavy atom. The molecule has 1 unspecified atom stereocenters. The van der Waals surface area contributed by atoms with Crippen molar-refractivity contribution in [1.82, 2.24) is 4.57 Å². The second kappa shape index (κ2) is 8.75. The minimum Gasteiger partial charge on any atom is -0.489 e. The zero-order chi connectivity index (χ0) is 20.2. The van der Waals surface area contributed by atoms with Crippen LogP contribution in [0.3, 0.4) is 0 Å². The second-order valence-corrected chi connectivity index (χ2v) is 6.81. The van der Waals surface area contributed by atoms with Crippen LogP contribution in [0.2, 0.25) is 5.02 Å². The third kappa shape index (κ3) is 4.81. The molecule has 10 heteroatoms. The Bertz CT molecular complexity index is 861. The van der Waals surface area contributed by atoms with Crippen molar-refractivity contribution in [3.05, 3.63) is 27.7 Å². The molecular formula is C17H23ClN2O7. The SMILES string of the molecule is CC(C)Oc1cc2oc(=O)n(CC(N)(CO)C(=O)OCCCO)c2cc1Cl. The van der Waals surface area contributed by atoms with E-state index in [2.05, 4.69) is 0 Å². The minimum atomic E-state index is -1.87. The maximum atomic E-state index is 12.3. The number of nitrogens with zero attached hydrogens (tertiary/aromatic N) is 1. The van der Waals surface area contributed by atoms with Crippen LogP contribution in [0.1, 0.15) is 20.3 Å². The van der Waals surface area contributed by atoms with Gasteiger partial charge in [0.1, 0.15) is 5.75 Å². The van der Waals surface area contributed by atoms with Crippen LogP contribution >= 0.6 is 11.6 Å². The number of fused-ring (bicyclic) bond motifs is 1. The predicted octanol–water partition coefficient (Wildman–Crippen LogP) is 0.651. The monoisotopic (exact) mass is 402 g/mol. The molecule has 1 aromatic carbocycles. The molecule has 0 bridgehead atoms. The Labute approximate surface area is 160 Å². The molecule has 0 aliphatic rings. The van der Waals surface area contributed by atoms with Crippen molar-refractivity contribution >= 4 is 28.7 Å². The smallest absolute Gasteiger partial charge is 0.420 e. The van der Waals surface area contributed by atoms with E-state index in [-0.39, 0.29) is 42.9 Å². The lowest BCUT2D eigenvalue weighted by molar-refractivity contribution is -0.152. The van der Waals surface area contributed by atoms with E-state index in [1.807, 2.05) is 13.8 Å². The van der Waals surface area contributed by atoms with Gasteiger partial charge in [0.15, 0.2) is 11.1 Å². The van der Waals surface area contributed by atoms with Gasteiger partial charge >= 0.3 is 11.7 Å². The van der Waals surface area contributed by atoms with E-state index in [4.69, 9.17) is 36.3 Å². The number of benzene rings is 1. The number of aliphatic hydroxyl groups is 2. The molecule has 0 saturated heterocycles. The standard InChI is InChI=1S/C17H23ClN2O7/c1-10(2)26-13-7-14-12(6-11(13)18)20(16(24)27-14)8-17(19,9-22)15(23)25-5-3-4-21/h6-7,10,21-22H,3-5,8-9,19H2,1-2H3. The van der Waals surface area contributed by atoms with Crippen molar-refractivity contribution in [3.8, 4) is 5.75 Å². The van der Waals surface area contributed by atoms with Gasteiger partial charge in [-0.05, 0) is 19.9 Å². The number of hydrogen-bond acceptors (Lipinski definition) is 8. The molecule has 0 saturated carbocycles. The van der Waals surface area contributed by atoms with E-state index in [0.29, 0.717) is 11.3 Å². The lowest BCUT2D eigenvalue weighted by Gasteiger charge is -2.25. The average Bonchev–Trinajstić information content (AvgIpc) is 2.89. The average molecular weight is 403 g/mol. The largest absolute Gasteiger partial charge is 0.489 e. The molecule has 1 aromatic heterocycles. The Morgan fingerprint density at radius 3 is 2.70 bits per heavy atom. The zero-order valence-electron chi connectivity index (χ0n) is 15.1. The summed E-state index contributed by atoms with van der Waals surface area (Å²) in [5, 5.41) is 18.6. The Kier molecular flexibility index (Phi) is 6.88. The van der Waals surface area contributed by atoms with Gasteiger partial charge in [0.05, 0.1) is 36.4 Å². The van der Waals surface area contributed by atoms with E-state index >= 15 is 0 Å². The summed E-state index contributed by atoms with van der Waals surface area (Å²) in [6.45, 7) is 2.30. The van der Waals surface area contributed by atoms with Gasteiger partial charge in [0.25, 0.3) is 0 Å². The van der Waals surface area contributed by atoms with Gasteiger partial charge in [-0.15, -0.1) is 0 Å². The summed E-state index contributed by atoms with van der Waals surface area (Å²) in [5.41, 5.74) is 4.60. The van der Waals surface area contributed by atoms with Crippen LogP contribution in [-0.2, 0) is 16.1 Å². The van der Waals surface area contributed by atoms with Gasteiger partial charge in [-0.3, -0.25) is 4.57 Å². The van der Waals surface area contributed by atoms with Crippen molar-refractivity contribution < 1.29 is 28.9 Å². The van der Waals surface area contributed by atoms with Crippen molar-refractivity contribution in [2.45, 2.75) is 38.5 Å². The van der Waals surface area contributed by atoms with Gasteiger partial charge in [0, 0.05) is 19.1 Å². The van der Waals surface area contributed by atoms with Gasteiger partial charge in [-0.25, -0.2) is 9.59 Å². The summed E-state index contributed by atoms with van der Waals surface area (Å²) in [4.78, 5) is 24.5. The summed E-state index contributed by atoms with van der Waals surface area (Å²) in [7, 11) is 0.